The summed E-state index contributed by atoms with van der Waals surface area (Å²) in [6.07, 6.45) is 1.48. The third-order valence-electron chi connectivity index (χ3n) is 3.66. The van der Waals surface area contributed by atoms with E-state index in [1.165, 1.54) is 24.3 Å². The summed E-state index contributed by atoms with van der Waals surface area (Å²) in [5.74, 6) is -0.533. The van der Waals surface area contributed by atoms with Gasteiger partial charge in [-0.15, -0.1) is 0 Å². The van der Waals surface area contributed by atoms with Crippen molar-refractivity contribution < 1.29 is 14.5 Å². The van der Waals surface area contributed by atoms with Crippen LogP contribution in [0.15, 0.2) is 47.4 Å². The highest BCUT2D eigenvalue weighted by Gasteiger charge is 2.36. The summed E-state index contributed by atoms with van der Waals surface area (Å²) in [7, 11) is 0. The van der Waals surface area contributed by atoms with Gasteiger partial charge in [0.25, 0.3) is 16.8 Å². The van der Waals surface area contributed by atoms with Crippen molar-refractivity contribution in [1.29, 1.82) is 0 Å². The van der Waals surface area contributed by atoms with Gasteiger partial charge in [0.15, 0.2) is 0 Å². The molecule has 132 valence electrons. The number of carbonyl (C=O) groups is 2. The van der Waals surface area contributed by atoms with Crippen molar-refractivity contribution in [2.75, 3.05) is 0 Å². The first kappa shape index (κ1) is 18.4. The van der Waals surface area contributed by atoms with E-state index < -0.39 is 16.1 Å². The zero-order chi connectivity index (χ0) is 18.8. The predicted molar refractivity (Wildman–Crippen MR) is 101 cm³/mol. The number of nitrogens with zero attached hydrogens (tertiary/aromatic N) is 2. The number of nitro benzene ring substituents is 1. The predicted octanol–water partition coefficient (Wildman–Crippen LogP) is 5.14. The Bertz CT molecular complexity index is 962. The number of para-hydroxylation sites is 1. The van der Waals surface area contributed by atoms with Gasteiger partial charge < -0.3 is 0 Å². The summed E-state index contributed by atoms with van der Waals surface area (Å²) in [5.41, 5.74) is 0.644. The second kappa shape index (κ2) is 7.49. The van der Waals surface area contributed by atoms with Gasteiger partial charge >= 0.3 is 0 Å². The second-order valence-electron chi connectivity index (χ2n) is 5.30. The standard InChI is InChI=1S/C17H10Cl2N2O4S/c18-12-6-3-5-10(15(12)19)8-14-16(22)20(17(23)26-14)9-11-4-1-2-7-13(11)21(24)25/h1-8H,9H2/b14-8-. The van der Waals surface area contributed by atoms with Gasteiger partial charge in [0.2, 0.25) is 0 Å². The first-order valence-corrected chi connectivity index (χ1v) is 8.87. The molecule has 1 heterocycles. The van der Waals surface area contributed by atoms with Gasteiger partial charge in [-0.3, -0.25) is 24.6 Å². The molecule has 9 heteroatoms. The third-order valence-corrected chi connectivity index (χ3v) is 5.40. The Balaban J connectivity index is 1.89. The molecule has 0 saturated carbocycles. The minimum atomic E-state index is -0.546. The lowest BCUT2D eigenvalue weighted by Gasteiger charge is -2.12. The fourth-order valence-electron chi connectivity index (χ4n) is 2.40. The van der Waals surface area contributed by atoms with Gasteiger partial charge in [0, 0.05) is 11.6 Å². The maximum atomic E-state index is 12.6. The van der Waals surface area contributed by atoms with Gasteiger partial charge in [-0.2, -0.15) is 0 Å². The molecular formula is C17H10Cl2N2O4S. The van der Waals surface area contributed by atoms with E-state index in [4.69, 9.17) is 23.2 Å². The molecule has 0 bridgehead atoms. The first-order valence-electron chi connectivity index (χ1n) is 7.30. The maximum absolute atomic E-state index is 12.6. The summed E-state index contributed by atoms with van der Waals surface area (Å²) in [5, 5.41) is 11.2. The number of benzene rings is 2. The monoisotopic (exact) mass is 408 g/mol. The molecule has 1 aliphatic rings. The van der Waals surface area contributed by atoms with Crippen LogP contribution in [0, 0.1) is 10.1 Å². The van der Waals surface area contributed by atoms with E-state index in [2.05, 4.69) is 0 Å². The molecule has 0 N–H and O–H groups in total. The molecule has 2 aromatic rings. The van der Waals surface area contributed by atoms with Crippen LogP contribution >= 0.6 is 35.0 Å². The molecule has 3 rings (SSSR count). The normalized spacial score (nSPS) is 15.8. The van der Waals surface area contributed by atoms with Crippen molar-refractivity contribution >= 4 is 57.9 Å². The van der Waals surface area contributed by atoms with Gasteiger partial charge in [-0.05, 0) is 29.5 Å². The number of imide groups is 1. The van der Waals surface area contributed by atoms with Crippen molar-refractivity contribution in [3.63, 3.8) is 0 Å². The molecule has 2 amide bonds. The molecule has 0 aliphatic carbocycles. The Morgan fingerprint density at radius 3 is 2.58 bits per heavy atom. The lowest BCUT2D eigenvalue weighted by molar-refractivity contribution is -0.385. The molecule has 0 atom stereocenters. The SMILES string of the molecule is O=C1S/C(=C\c2cccc(Cl)c2Cl)C(=O)N1Cc1ccccc1[N+](=O)[O-]. The molecule has 1 fully saturated rings. The number of thioether (sulfide) groups is 1. The van der Waals surface area contributed by atoms with Crippen molar-refractivity contribution in [1.82, 2.24) is 4.90 Å². The van der Waals surface area contributed by atoms with Crippen molar-refractivity contribution in [3.8, 4) is 0 Å². The molecule has 1 aliphatic heterocycles. The molecule has 26 heavy (non-hydrogen) atoms. The highest BCUT2D eigenvalue weighted by molar-refractivity contribution is 8.18. The van der Waals surface area contributed by atoms with E-state index in [0.717, 1.165) is 16.7 Å². The molecule has 1 saturated heterocycles. The fraction of sp³-hybridized carbons (Fsp3) is 0.0588. The summed E-state index contributed by atoms with van der Waals surface area (Å²) in [4.78, 5) is 36.5. The fourth-order valence-corrected chi connectivity index (χ4v) is 3.59. The molecule has 2 aromatic carbocycles. The molecule has 6 nitrogen and oxygen atoms in total. The zero-order valence-electron chi connectivity index (χ0n) is 13.0. The van der Waals surface area contributed by atoms with E-state index in [1.807, 2.05) is 0 Å². The van der Waals surface area contributed by atoms with Crippen LogP contribution in [0.2, 0.25) is 10.0 Å². The molecule has 0 unspecified atom stereocenters. The van der Waals surface area contributed by atoms with E-state index >= 15 is 0 Å². The van der Waals surface area contributed by atoms with E-state index in [0.29, 0.717) is 10.6 Å². The molecule has 0 aromatic heterocycles. The summed E-state index contributed by atoms with van der Waals surface area (Å²) < 4.78 is 0. The quantitative estimate of drug-likeness (QED) is 0.397. The number of nitro groups is 1. The van der Waals surface area contributed by atoms with Gasteiger partial charge in [-0.25, -0.2) is 0 Å². The van der Waals surface area contributed by atoms with Crippen LogP contribution in [-0.4, -0.2) is 21.0 Å². The summed E-state index contributed by atoms with van der Waals surface area (Å²) >= 11 is 12.8. The van der Waals surface area contributed by atoms with Crippen molar-refractivity contribution in [2.24, 2.45) is 0 Å². The lowest BCUT2D eigenvalue weighted by Crippen LogP contribution is -2.27. The number of rotatable bonds is 4. The Morgan fingerprint density at radius 1 is 1.12 bits per heavy atom. The Morgan fingerprint density at radius 2 is 1.85 bits per heavy atom. The molecule has 0 spiro atoms. The van der Waals surface area contributed by atoms with Gasteiger partial charge in [-0.1, -0.05) is 53.5 Å². The number of hydrogen-bond acceptors (Lipinski definition) is 5. The number of carbonyl (C=O) groups excluding carboxylic acids is 2. The topological polar surface area (TPSA) is 80.5 Å². The van der Waals surface area contributed by atoms with Crippen LogP contribution < -0.4 is 0 Å². The van der Waals surface area contributed by atoms with Crippen LogP contribution in [0.25, 0.3) is 6.08 Å². The molecule has 0 radical (unpaired) electrons. The van der Waals surface area contributed by atoms with Crippen molar-refractivity contribution in [3.05, 3.63) is 78.7 Å². The van der Waals surface area contributed by atoms with Gasteiger partial charge in [0.05, 0.1) is 26.4 Å². The largest absolute Gasteiger partial charge is 0.293 e. The Hall–Kier alpha value is -2.35. The molecular weight excluding hydrogens is 399 g/mol. The van der Waals surface area contributed by atoms with Crippen LogP contribution in [0.3, 0.4) is 0 Å². The third kappa shape index (κ3) is 3.60. The van der Waals surface area contributed by atoms with E-state index in [9.17, 15) is 19.7 Å². The lowest BCUT2D eigenvalue weighted by atomic mass is 10.1. The Labute approximate surface area is 162 Å². The first-order chi connectivity index (χ1) is 12.4. The van der Waals surface area contributed by atoms with Gasteiger partial charge in [0.1, 0.15) is 0 Å². The van der Waals surface area contributed by atoms with Crippen LogP contribution in [0.1, 0.15) is 11.1 Å². The summed E-state index contributed by atoms with van der Waals surface area (Å²) in [6.45, 7) is -0.178. The van der Waals surface area contributed by atoms with Crippen LogP contribution in [0.5, 0.6) is 0 Å². The van der Waals surface area contributed by atoms with Crippen molar-refractivity contribution in [2.45, 2.75) is 6.54 Å². The van der Waals surface area contributed by atoms with Crippen LogP contribution in [0.4, 0.5) is 10.5 Å². The smallest absolute Gasteiger partial charge is 0.268 e. The minimum Gasteiger partial charge on any atom is -0.268 e. The highest BCUT2D eigenvalue weighted by atomic mass is 35.5. The van der Waals surface area contributed by atoms with E-state index in [-0.39, 0.29) is 27.7 Å². The average Bonchev–Trinajstić information content (AvgIpc) is 2.87. The summed E-state index contributed by atoms with van der Waals surface area (Å²) in [6, 6.07) is 10.9. The average molecular weight is 409 g/mol. The maximum Gasteiger partial charge on any atom is 0.293 e. The Kier molecular flexibility index (Phi) is 5.31. The highest BCUT2D eigenvalue weighted by Crippen LogP contribution is 2.36. The number of halogens is 2. The zero-order valence-corrected chi connectivity index (χ0v) is 15.3. The van der Waals surface area contributed by atoms with Crippen LogP contribution in [-0.2, 0) is 11.3 Å². The van der Waals surface area contributed by atoms with E-state index in [1.54, 1.807) is 24.3 Å². The number of amides is 2. The minimum absolute atomic E-state index is 0.145. The number of hydrogen-bond donors (Lipinski definition) is 0. The second-order valence-corrected chi connectivity index (χ2v) is 7.08.